The lowest BCUT2D eigenvalue weighted by Crippen LogP contribution is -2.63. The summed E-state index contributed by atoms with van der Waals surface area (Å²) in [6.45, 7) is 7.25. The summed E-state index contributed by atoms with van der Waals surface area (Å²) >= 11 is 1.62. The number of ketones is 1. The van der Waals surface area contributed by atoms with E-state index >= 15 is 0 Å². The van der Waals surface area contributed by atoms with Crippen LogP contribution in [0.2, 0.25) is 0 Å². The summed E-state index contributed by atoms with van der Waals surface area (Å²) in [5.41, 5.74) is 0.940. The SMILES string of the molecule is Cc1nc(CC(=O)C2CN3CCN2CC3)cs1. The lowest BCUT2D eigenvalue weighted by atomic mass is 10.0. The van der Waals surface area contributed by atoms with Crippen LogP contribution in [0, 0.1) is 6.92 Å². The molecule has 0 radical (unpaired) electrons. The van der Waals surface area contributed by atoms with Gasteiger partial charge in [0.25, 0.3) is 0 Å². The first-order valence-corrected chi connectivity index (χ1v) is 7.00. The van der Waals surface area contributed by atoms with E-state index in [2.05, 4.69) is 14.8 Å². The van der Waals surface area contributed by atoms with Gasteiger partial charge in [-0.15, -0.1) is 11.3 Å². The molecule has 0 saturated carbocycles. The van der Waals surface area contributed by atoms with Crippen LogP contribution in [-0.4, -0.2) is 59.3 Å². The van der Waals surface area contributed by atoms with E-state index in [1.165, 1.54) is 0 Å². The number of fused-ring (bicyclic) bond motifs is 3. The van der Waals surface area contributed by atoms with Crippen molar-refractivity contribution in [3.63, 3.8) is 0 Å². The topological polar surface area (TPSA) is 36.4 Å². The number of rotatable bonds is 3. The van der Waals surface area contributed by atoms with Crippen molar-refractivity contribution in [1.29, 1.82) is 0 Å². The van der Waals surface area contributed by atoms with Gasteiger partial charge in [-0.25, -0.2) is 4.98 Å². The molecule has 3 aliphatic heterocycles. The molecule has 0 amide bonds. The standard InChI is InChI=1S/C12H17N3OS/c1-9-13-10(8-17-9)6-12(16)11-7-14-2-4-15(11)5-3-14/h8,11H,2-7H2,1H3. The molecule has 0 N–H and O–H groups in total. The summed E-state index contributed by atoms with van der Waals surface area (Å²) in [6, 6.07) is 0.111. The number of Topliss-reactive ketones (excluding diaryl/α,β-unsaturated/α-hetero) is 1. The molecule has 4 nitrogen and oxygen atoms in total. The van der Waals surface area contributed by atoms with Crippen LogP contribution in [0.5, 0.6) is 0 Å². The van der Waals surface area contributed by atoms with E-state index in [-0.39, 0.29) is 6.04 Å². The van der Waals surface area contributed by atoms with Gasteiger partial charge in [0.15, 0.2) is 5.78 Å². The van der Waals surface area contributed by atoms with Crippen molar-refractivity contribution < 1.29 is 4.79 Å². The van der Waals surface area contributed by atoms with E-state index in [4.69, 9.17) is 0 Å². The quantitative estimate of drug-likeness (QED) is 0.786. The predicted octanol–water partition coefficient (Wildman–Crippen LogP) is 0.563. The highest BCUT2D eigenvalue weighted by Crippen LogP contribution is 2.18. The summed E-state index contributed by atoms with van der Waals surface area (Å²) in [7, 11) is 0. The third-order valence-electron chi connectivity index (χ3n) is 3.67. The van der Waals surface area contributed by atoms with Crippen molar-refractivity contribution in [2.45, 2.75) is 19.4 Å². The number of aromatic nitrogens is 1. The first-order valence-electron chi connectivity index (χ1n) is 6.12. The molecule has 1 unspecified atom stereocenters. The van der Waals surface area contributed by atoms with Crippen LogP contribution in [0.1, 0.15) is 10.7 Å². The number of carbonyl (C=O) groups excluding carboxylic acids is 1. The van der Waals surface area contributed by atoms with Gasteiger partial charge in [-0.3, -0.25) is 14.6 Å². The molecule has 3 aliphatic rings. The normalized spacial score (nSPS) is 31.7. The molecule has 5 heteroatoms. The molecule has 0 aromatic carbocycles. The third kappa shape index (κ3) is 2.27. The second kappa shape index (κ2) is 4.48. The molecule has 0 spiro atoms. The van der Waals surface area contributed by atoms with Gasteiger partial charge < -0.3 is 0 Å². The molecule has 4 rings (SSSR count). The van der Waals surface area contributed by atoms with Crippen LogP contribution in [0.3, 0.4) is 0 Å². The Morgan fingerprint density at radius 2 is 2.24 bits per heavy atom. The second-order valence-corrected chi connectivity index (χ2v) is 5.92. The van der Waals surface area contributed by atoms with Crippen LogP contribution in [0.4, 0.5) is 0 Å². The zero-order valence-corrected chi connectivity index (χ0v) is 10.9. The van der Waals surface area contributed by atoms with Crippen LogP contribution in [0.25, 0.3) is 0 Å². The highest BCUT2D eigenvalue weighted by Gasteiger charge is 2.35. The third-order valence-corrected chi connectivity index (χ3v) is 4.49. The smallest absolute Gasteiger partial charge is 0.157 e. The number of hydrogen-bond donors (Lipinski definition) is 0. The largest absolute Gasteiger partial charge is 0.299 e. The Hall–Kier alpha value is -0.780. The van der Waals surface area contributed by atoms with Gasteiger partial charge in [0.1, 0.15) is 0 Å². The minimum Gasteiger partial charge on any atom is -0.299 e. The average Bonchev–Trinajstić information content (AvgIpc) is 2.76. The van der Waals surface area contributed by atoms with Crippen molar-refractivity contribution in [3.8, 4) is 0 Å². The van der Waals surface area contributed by atoms with Gasteiger partial charge in [0, 0.05) is 38.1 Å². The fourth-order valence-electron chi connectivity index (χ4n) is 2.71. The van der Waals surface area contributed by atoms with Crippen LogP contribution in [0.15, 0.2) is 5.38 Å². The summed E-state index contributed by atoms with van der Waals surface area (Å²) in [4.78, 5) is 21.4. The number of thiazole rings is 1. The van der Waals surface area contributed by atoms with E-state index in [1.807, 2.05) is 12.3 Å². The Labute approximate surface area is 105 Å². The van der Waals surface area contributed by atoms with Gasteiger partial charge in [-0.2, -0.15) is 0 Å². The first-order chi connectivity index (χ1) is 8.22. The lowest BCUT2D eigenvalue weighted by molar-refractivity contribution is -0.128. The van der Waals surface area contributed by atoms with Crippen molar-refractivity contribution in [2.24, 2.45) is 0 Å². The second-order valence-electron chi connectivity index (χ2n) is 4.85. The molecule has 3 fully saturated rings. The molecular formula is C12H17N3OS. The minimum atomic E-state index is 0.111. The maximum atomic E-state index is 12.3. The summed E-state index contributed by atoms with van der Waals surface area (Å²) in [5, 5.41) is 3.05. The number of piperazine rings is 3. The van der Waals surface area contributed by atoms with E-state index in [0.717, 1.165) is 43.4 Å². The van der Waals surface area contributed by atoms with Crippen molar-refractivity contribution in [2.75, 3.05) is 32.7 Å². The molecule has 2 bridgehead atoms. The lowest BCUT2D eigenvalue weighted by Gasteiger charge is -2.46. The average molecular weight is 251 g/mol. The fraction of sp³-hybridized carbons (Fsp3) is 0.667. The predicted molar refractivity (Wildman–Crippen MR) is 67.4 cm³/mol. The number of nitrogens with zero attached hydrogens (tertiary/aromatic N) is 3. The van der Waals surface area contributed by atoms with Gasteiger partial charge >= 0.3 is 0 Å². The summed E-state index contributed by atoms with van der Waals surface area (Å²) < 4.78 is 0. The zero-order chi connectivity index (χ0) is 11.8. The Kier molecular flexibility index (Phi) is 2.98. The monoisotopic (exact) mass is 251 g/mol. The minimum absolute atomic E-state index is 0.111. The summed E-state index contributed by atoms with van der Waals surface area (Å²) in [5.74, 6) is 0.333. The first kappa shape index (κ1) is 11.3. The molecule has 4 heterocycles. The molecule has 92 valence electrons. The van der Waals surface area contributed by atoms with Crippen molar-refractivity contribution in [3.05, 3.63) is 16.1 Å². The van der Waals surface area contributed by atoms with Gasteiger partial charge in [-0.05, 0) is 6.92 Å². The van der Waals surface area contributed by atoms with E-state index in [0.29, 0.717) is 12.2 Å². The molecule has 1 aromatic rings. The maximum Gasteiger partial charge on any atom is 0.157 e. The van der Waals surface area contributed by atoms with Crippen LogP contribution >= 0.6 is 11.3 Å². The molecule has 1 atom stereocenters. The molecule has 17 heavy (non-hydrogen) atoms. The molecular weight excluding hydrogens is 234 g/mol. The van der Waals surface area contributed by atoms with Gasteiger partial charge in [0.2, 0.25) is 0 Å². The Bertz CT molecular complexity index is 423. The number of hydrogen-bond acceptors (Lipinski definition) is 5. The van der Waals surface area contributed by atoms with E-state index < -0.39 is 0 Å². The molecule has 1 aromatic heterocycles. The zero-order valence-electron chi connectivity index (χ0n) is 10.1. The van der Waals surface area contributed by atoms with E-state index in [1.54, 1.807) is 11.3 Å². The maximum absolute atomic E-state index is 12.3. The Balaban J connectivity index is 1.66. The highest BCUT2D eigenvalue weighted by atomic mass is 32.1. The van der Waals surface area contributed by atoms with Crippen LogP contribution < -0.4 is 0 Å². The Morgan fingerprint density at radius 3 is 2.76 bits per heavy atom. The summed E-state index contributed by atoms with van der Waals surface area (Å²) in [6.07, 6.45) is 0.499. The van der Waals surface area contributed by atoms with Gasteiger partial charge in [-0.1, -0.05) is 0 Å². The highest BCUT2D eigenvalue weighted by molar-refractivity contribution is 7.09. The fourth-order valence-corrected chi connectivity index (χ4v) is 3.32. The number of aryl methyl sites for hydroxylation is 1. The van der Waals surface area contributed by atoms with Crippen molar-refractivity contribution in [1.82, 2.24) is 14.8 Å². The Morgan fingerprint density at radius 1 is 1.47 bits per heavy atom. The molecule has 3 saturated heterocycles. The van der Waals surface area contributed by atoms with Gasteiger partial charge in [0.05, 0.1) is 23.2 Å². The van der Waals surface area contributed by atoms with E-state index in [9.17, 15) is 4.79 Å². The molecule has 0 aliphatic carbocycles. The number of carbonyl (C=O) groups is 1. The van der Waals surface area contributed by atoms with Crippen molar-refractivity contribution >= 4 is 17.1 Å². The van der Waals surface area contributed by atoms with Crippen LogP contribution in [-0.2, 0) is 11.2 Å².